The molecule has 4 amide bonds. The highest BCUT2D eigenvalue weighted by atomic mass is 79.9. The fourth-order valence-corrected chi connectivity index (χ4v) is 9.60. The summed E-state index contributed by atoms with van der Waals surface area (Å²) in [5, 5.41) is 32.6. The maximum absolute atomic E-state index is 15.3. The second-order valence-corrected chi connectivity index (χ2v) is 15.0. The van der Waals surface area contributed by atoms with Crippen LogP contribution in [0.3, 0.4) is 0 Å². The Bertz CT molecular complexity index is 2210. The first-order valence-corrected chi connectivity index (χ1v) is 18.1. The molecular formula is C40H35BBrN3O8. The summed E-state index contributed by atoms with van der Waals surface area (Å²) in [4.78, 5) is 60.0. The van der Waals surface area contributed by atoms with Crippen molar-refractivity contribution < 1.29 is 39.1 Å². The first kappa shape index (κ1) is 34.8. The van der Waals surface area contributed by atoms with Crippen molar-refractivity contribution in [1.29, 1.82) is 0 Å². The molecule has 2 heterocycles. The second kappa shape index (κ2) is 13.0. The molecule has 13 heteroatoms. The number of nitrogens with one attached hydrogen (secondary N) is 1. The number of rotatable bonds is 7. The zero-order valence-electron chi connectivity index (χ0n) is 28.8. The van der Waals surface area contributed by atoms with E-state index in [1.54, 1.807) is 48.5 Å². The number of hydrogen-bond acceptors (Lipinski definition) is 9. The number of halogens is 1. The quantitative estimate of drug-likeness (QED) is 0.122. The molecule has 0 unspecified atom stereocenters. The maximum atomic E-state index is 15.3. The third-order valence-corrected chi connectivity index (χ3v) is 11.9. The monoisotopic (exact) mass is 775 g/mol. The van der Waals surface area contributed by atoms with Crippen LogP contribution in [0.15, 0.2) is 107 Å². The molecule has 6 atom stereocenters. The molecule has 2 saturated heterocycles. The van der Waals surface area contributed by atoms with Gasteiger partial charge in [-0.2, -0.15) is 5.01 Å². The molecule has 0 aromatic heterocycles. The van der Waals surface area contributed by atoms with Gasteiger partial charge >= 0.3 is 7.12 Å². The number of carbonyl (C=O) groups excluding carboxylic acids is 4. The Morgan fingerprint density at radius 3 is 2.32 bits per heavy atom. The smallest absolute Gasteiger partial charge is 0.488 e. The van der Waals surface area contributed by atoms with E-state index in [1.807, 2.05) is 43.3 Å². The molecule has 0 spiro atoms. The van der Waals surface area contributed by atoms with Gasteiger partial charge in [-0.25, -0.2) is 0 Å². The number of phenolic OH excluding ortho intramolecular Hbond substituents is 1. The molecule has 2 aliphatic carbocycles. The van der Waals surface area contributed by atoms with Crippen molar-refractivity contribution in [2.75, 3.05) is 17.4 Å². The van der Waals surface area contributed by atoms with Crippen molar-refractivity contribution >= 4 is 63.5 Å². The highest BCUT2D eigenvalue weighted by molar-refractivity contribution is 9.10. The minimum atomic E-state index is -1.80. The minimum absolute atomic E-state index is 0.0726. The van der Waals surface area contributed by atoms with Crippen molar-refractivity contribution in [3.8, 4) is 11.5 Å². The average Bonchev–Trinajstić information content (AvgIpc) is 3.54. The SMILES string of the molecule is COc1cc(Br)cc([C@H]2C3=CC[C@@H]4C(=O)N(c5cccc(B(O)O)c5)C(=O)[C@@H]4[C@@H]3C[C@H]3C(=O)N(Nc4ccc(C)cc4)C(=O)[C@@]23c2ccccc2)c1O. The number of amides is 4. The van der Waals surface area contributed by atoms with Crippen LogP contribution in [0.25, 0.3) is 0 Å². The van der Waals surface area contributed by atoms with Crippen LogP contribution < -0.4 is 20.5 Å². The number of anilines is 2. The van der Waals surface area contributed by atoms with E-state index in [0.717, 1.165) is 15.5 Å². The van der Waals surface area contributed by atoms with Crippen molar-refractivity contribution in [3.63, 3.8) is 0 Å². The molecule has 268 valence electrons. The van der Waals surface area contributed by atoms with E-state index in [-0.39, 0.29) is 35.5 Å². The third-order valence-electron chi connectivity index (χ3n) is 11.4. The van der Waals surface area contributed by atoms with Crippen molar-refractivity contribution in [3.05, 3.63) is 124 Å². The van der Waals surface area contributed by atoms with Crippen LogP contribution in [0.5, 0.6) is 11.5 Å². The third kappa shape index (κ3) is 5.24. The molecule has 11 nitrogen and oxygen atoms in total. The van der Waals surface area contributed by atoms with Crippen LogP contribution in [-0.2, 0) is 24.6 Å². The van der Waals surface area contributed by atoms with Gasteiger partial charge in [-0.15, -0.1) is 0 Å². The van der Waals surface area contributed by atoms with Crippen LogP contribution >= 0.6 is 15.9 Å². The molecule has 4 N–H and O–H groups in total. The number of nitrogens with zero attached hydrogens (tertiary/aromatic N) is 2. The van der Waals surface area contributed by atoms with Crippen molar-refractivity contribution in [2.45, 2.75) is 31.1 Å². The Balaban J connectivity index is 1.33. The van der Waals surface area contributed by atoms with E-state index < -0.39 is 65.8 Å². The highest BCUT2D eigenvalue weighted by Gasteiger charge is 2.70. The lowest BCUT2D eigenvalue weighted by Crippen LogP contribution is -2.53. The van der Waals surface area contributed by atoms with Crippen LogP contribution in [0.1, 0.15) is 35.4 Å². The fourth-order valence-electron chi connectivity index (χ4n) is 9.14. The Morgan fingerprint density at radius 2 is 1.62 bits per heavy atom. The van der Waals surface area contributed by atoms with E-state index >= 15 is 4.79 Å². The van der Waals surface area contributed by atoms with Gasteiger partial charge < -0.3 is 19.9 Å². The van der Waals surface area contributed by atoms with Crippen LogP contribution in [0, 0.1) is 30.6 Å². The van der Waals surface area contributed by atoms with Gasteiger partial charge in [0.25, 0.3) is 11.8 Å². The summed E-state index contributed by atoms with van der Waals surface area (Å²) >= 11 is 3.56. The molecule has 1 saturated carbocycles. The molecule has 3 fully saturated rings. The number of fused-ring (bicyclic) bond motifs is 4. The fraction of sp³-hybridized carbons (Fsp3) is 0.250. The summed E-state index contributed by atoms with van der Waals surface area (Å²) in [6.45, 7) is 1.93. The van der Waals surface area contributed by atoms with Gasteiger partial charge in [0.1, 0.15) is 0 Å². The van der Waals surface area contributed by atoms with Gasteiger partial charge in [0, 0.05) is 16.0 Å². The topological polar surface area (TPSA) is 157 Å². The maximum Gasteiger partial charge on any atom is 0.488 e. The largest absolute Gasteiger partial charge is 0.504 e. The number of phenols is 1. The van der Waals surface area contributed by atoms with E-state index in [1.165, 1.54) is 19.2 Å². The van der Waals surface area contributed by atoms with Gasteiger partial charge in [0.2, 0.25) is 11.8 Å². The number of hydrogen-bond donors (Lipinski definition) is 4. The molecule has 4 aromatic rings. The minimum Gasteiger partial charge on any atom is -0.504 e. The summed E-state index contributed by atoms with van der Waals surface area (Å²) in [5.41, 5.74) is 4.92. The average molecular weight is 776 g/mol. The first-order valence-electron chi connectivity index (χ1n) is 17.3. The molecule has 4 aliphatic rings. The number of ether oxygens (including phenoxy) is 1. The summed E-state index contributed by atoms with van der Waals surface area (Å²) in [6.07, 6.45) is 2.15. The Morgan fingerprint density at radius 1 is 0.887 bits per heavy atom. The lowest BCUT2D eigenvalue weighted by Gasteiger charge is -2.50. The van der Waals surface area contributed by atoms with Gasteiger partial charge in [0.15, 0.2) is 11.5 Å². The summed E-state index contributed by atoms with van der Waals surface area (Å²) < 4.78 is 6.14. The number of aryl methyl sites for hydroxylation is 1. The van der Waals surface area contributed by atoms with Gasteiger partial charge in [0.05, 0.1) is 41.7 Å². The molecule has 4 aromatic carbocycles. The lowest BCUT2D eigenvalue weighted by atomic mass is 9.49. The lowest BCUT2D eigenvalue weighted by molar-refractivity contribution is -0.138. The summed E-state index contributed by atoms with van der Waals surface area (Å²) in [6, 6.07) is 25.7. The van der Waals surface area contributed by atoms with E-state index in [9.17, 15) is 29.5 Å². The zero-order valence-corrected chi connectivity index (χ0v) is 30.4. The normalized spacial score (nSPS) is 26.2. The molecular weight excluding hydrogens is 741 g/mol. The second-order valence-electron chi connectivity index (χ2n) is 14.1. The zero-order chi connectivity index (χ0) is 37.3. The molecule has 2 aliphatic heterocycles. The number of methoxy groups -OCH3 is 1. The number of allylic oxidation sites excluding steroid dienone is 2. The molecule has 0 radical (unpaired) electrons. The van der Waals surface area contributed by atoms with E-state index in [4.69, 9.17) is 4.74 Å². The van der Waals surface area contributed by atoms with Gasteiger partial charge in [-0.1, -0.05) is 87.7 Å². The molecule has 8 rings (SSSR count). The molecule has 0 bridgehead atoms. The van der Waals surface area contributed by atoms with Gasteiger partial charge in [-0.05, 0) is 73.1 Å². The summed E-state index contributed by atoms with van der Waals surface area (Å²) in [5.74, 6) is -6.28. The van der Waals surface area contributed by atoms with Crippen molar-refractivity contribution in [1.82, 2.24) is 5.01 Å². The van der Waals surface area contributed by atoms with Crippen molar-refractivity contribution in [2.24, 2.45) is 23.7 Å². The van der Waals surface area contributed by atoms with E-state index in [0.29, 0.717) is 26.9 Å². The van der Waals surface area contributed by atoms with Crippen LogP contribution in [0.2, 0.25) is 0 Å². The standard InChI is InChI=1S/C40H35BBrN3O8/c1-21-11-13-25(14-12-21)43-45-37(48)31-20-29-27(15-16-28-33(29)38(49)44(36(28)47)26-10-6-9-23(17-26)41(51)52)34(30-18-24(42)19-32(53-2)35(30)46)40(31,39(45)50)22-7-4-3-5-8-22/h3-15,17-19,28-29,31,33-34,43,46,51-52H,16,20H2,1-2H3/t28-,29+,31-,33-,34+,40+/m0/s1. The predicted molar refractivity (Wildman–Crippen MR) is 200 cm³/mol. The Labute approximate surface area is 314 Å². The summed E-state index contributed by atoms with van der Waals surface area (Å²) in [7, 11) is -0.379. The number of imide groups is 2. The number of aromatic hydroxyl groups is 1. The van der Waals surface area contributed by atoms with Crippen LogP contribution in [-0.4, -0.2) is 58.0 Å². The number of hydrazine groups is 1. The number of carbonyl (C=O) groups is 4. The molecule has 53 heavy (non-hydrogen) atoms. The predicted octanol–water partition coefficient (Wildman–Crippen LogP) is 4.34. The van der Waals surface area contributed by atoms with E-state index in [2.05, 4.69) is 21.4 Å². The van der Waals surface area contributed by atoms with Crippen LogP contribution in [0.4, 0.5) is 11.4 Å². The Kier molecular flexibility index (Phi) is 8.55. The highest BCUT2D eigenvalue weighted by Crippen LogP contribution is 2.65. The van der Waals surface area contributed by atoms with Gasteiger partial charge in [-0.3, -0.25) is 29.5 Å². The number of benzene rings is 4. The Hall–Kier alpha value is -5.24. The first-order chi connectivity index (χ1) is 25.5.